The molecule has 0 unspecified atom stereocenters. The van der Waals surface area contributed by atoms with Crippen LogP contribution in [0, 0.1) is 29.6 Å². The molecule has 5 N–H and O–H groups in total. The summed E-state index contributed by atoms with van der Waals surface area (Å²) in [5.41, 5.74) is 1.55. The van der Waals surface area contributed by atoms with Gasteiger partial charge in [0, 0.05) is 39.0 Å². The Labute approximate surface area is 456 Å². The van der Waals surface area contributed by atoms with Crippen molar-refractivity contribution in [2.45, 2.75) is 188 Å². The van der Waals surface area contributed by atoms with Gasteiger partial charge in [0.25, 0.3) is 0 Å². The average Bonchev–Trinajstić information content (AvgIpc) is 4.11. The molecule has 7 rings (SSSR count). The normalized spacial score (nSPS) is 27.8. The van der Waals surface area contributed by atoms with Crippen LogP contribution in [0.3, 0.4) is 0 Å². The molecule has 2 aromatic rings. The van der Waals surface area contributed by atoms with Gasteiger partial charge in [0.15, 0.2) is 0 Å². The molecule has 9 amide bonds. The van der Waals surface area contributed by atoms with E-state index in [0.29, 0.717) is 38.5 Å². The van der Waals surface area contributed by atoms with Crippen LogP contribution in [0.4, 0.5) is 0 Å². The van der Waals surface area contributed by atoms with Gasteiger partial charge in [-0.05, 0) is 79.2 Å². The predicted octanol–water partition coefficient (Wildman–Crippen LogP) is 4.14. The smallest absolute Gasteiger partial charge is 0.246 e. The van der Waals surface area contributed by atoms with Gasteiger partial charge in [-0.3, -0.25) is 43.2 Å². The molecule has 0 saturated carbocycles. The Morgan fingerprint density at radius 1 is 0.429 bits per heavy atom. The lowest BCUT2D eigenvalue weighted by Crippen LogP contribution is -2.67. The van der Waals surface area contributed by atoms with Crippen molar-refractivity contribution in [1.82, 2.24) is 46.2 Å². The first-order valence-electron chi connectivity index (χ1n) is 28.5. The van der Waals surface area contributed by atoms with E-state index in [1.807, 2.05) is 116 Å². The van der Waals surface area contributed by atoms with Crippen LogP contribution in [0.1, 0.15) is 132 Å². The van der Waals surface area contributed by atoms with Crippen LogP contribution < -0.4 is 26.6 Å². The molecule has 2 aromatic carbocycles. The summed E-state index contributed by atoms with van der Waals surface area (Å²) >= 11 is 0. The summed E-state index contributed by atoms with van der Waals surface area (Å²) in [4.78, 5) is 140. The second-order valence-electron chi connectivity index (χ2n) is 23.2. The highest BCUT2D eigenvalue weighted by molar-refractivity contribution is 6.00. The van der Waals surface area contributed by atoms with E-state index in [4.69, 9.17) is 0 Å². The van der Waals surface area contributed by atoms with Gasteiger partial charge < -0.3 is 46.2 Å². The highest BCUT2D eigenvalue weighted by Gasteiger charge is 2.49. The molecule has 18 heteroatoms. The Morgan fingerprint density at radius 2 is 0.818 bits per heavy atom. The molecule has 0 aliphatic carbocycles. The van der Waals surface area contributed by atoms with E-state index >= 15 is 14.4 Å². The van der Waals surface area contributed by atoms with Crippen LogP contribution in [0.15, 0.2) is 60.7 Å². The Bertz CT molecular complexity index is 2400. The van der Waals surface area contributed by atoms with Crippen molar-refractivity contribution in [1.29, 1.82) is 0 Å². The number of carbonyl (C=O) groups is 9. The third kappa shape index (κ3) is 14.8. The van der Waals surface area contributed by atoms with E-state index < -0.39 is 119 Å². The number of hydrogen-bond donors (Lipinski definition) is 5. The fourth-order valence-corrected chi connectivity index (χ4v) is 11.3. The fraction of sp³-hybridized carbons (Fsp3) is 0.644. The molecule has 5 saturated heterocycles. The maximum atomic E-state index is 15.4. The first-order valence-corrected chi connectivity index (χ1v) is 28.5. The number of piperazine rings is 1. The number of nitrogens with one attached hydrogen (secondary N) is 5. The Morgan fingerprint density at radius 3 is 1.27 bits per heavy atom. The number of rotatable bonds is 13. The van der Waals surface area contributed by atoms with Gasteiger partial charge in [-0.15, -0.1) is 0 Å². The molecule has 422 valence electrons. The van der Waals surface area contributed by atoms with Gasteiger partial charge >= 0.3 is 0 Å². The number of nitrogens with zero attached hydrogens (tertiary/aromatic N) is 4. The second-order valence-corrected chi connectivity index (χ2v) is 23.2. The Hall–Kier alpha value is -6.33. The first-order chi connectivity index (χ1) is 36.6. The molecule has 0 aromatic heterocycles. The number of hydrogen-bond acceptors (Lipinski definition) is 9. The van der Waals surface area contributed by atoms with Crippen molar-refractivity contribution in [3.05, 3.63) is 71.8 Å². The summed E-state index contributed by atoms with van der Waals surface area (Å²) in [7, 11) is 0. The topological polar surface area (TPSA) is 227 Å². The van der Waals surface area contributed by atoms with Crippen molar-refractivity contribution in [2.24, 2.45) is 29.6 Å². The standard InChI is InChI=1S/C59H87N9O9/c1-11-38(9)49-54(72)61-43(32-36(5)6)51(69)62-48(37(7)8)59(77)66-28-20-26-45(66)56(74)65-27-19-25-44(65)57(75)68-30-29-67(58(76)47(68)34-41-23-17-14-18-24-41)46(33-40-21-15-13-16-22-40)53(71)60-42(31-35(3)4)52(70)63-50(39(10)12-2)55(73)64-49/h13-18,21-24,35-39,42-50H,11-12,19-20,25-34H2,1-10H3,(H,60,71)(H,61,72)(H,62,69)(H,63,70)(H,64,73)/t38-,39-,42-,43-,44-,45-,46-,47-,48-,49-,50-/m0/s1. The van der Waals surface area contributed by atoms with Crippen molar-refractivity contribution in [2.75, 3.05) is 26.2 Å². The molecular weight excluding hydrogens is 979 g/mol. The van der Waals surface area contributed by atoms with Crippen molar-refractivity contribution >= 4 is 53.2 Å². The van der Waals surface area contributed by atoms with Crippen LogP contribution >= 0.6 is 0 Å². The van der Waals surface area contributed by atoms with Gasteiger partial charge in [-0.1, -0.05) is 143 Å². The summed E-state index contributed by atoms with van der Waals surface area (Å²) in [6, 6.07) is 9.00. The van der Waals surface area contributed by atoms with Crippen LogP contribution in [-0.4, -0.2) is 153 Å². The minimum absolute atomic E-state index is 0.0189. The number of carbonyl (C=O) groups excluding carboxylic acids is 9. The highest BCUT2D eigenvalue weighted by Crippen LogP contribution is 2.30. The van der Waals surface area contributed by atoms with Crippen LogP contribution in [0.2, 0.25) is 0 Å². The quantitative estimate of drug-likeness (QED) is 0.182. The zero-order chi connectivity index (χ0) is 56.2. The van der Waals surface area contributed by atoms with E-state index in [1.165, 1.54) is 9.80 Å². The van der Waals surface area contributed by atoms with Gasteiger partial charge in [0.1, 0.15) is 54.4 Å². The van der Waals surface area contributed by atoms with Crippen LogP contribution in [0.5, 0.6) is 0 Å². The number of fused-ring (bicyclic) bond motifs is 18. The molecule has 0 radical (unpaired) electrons. The molecule has 5 fully saturated rings. The van der Waals surface area contributed by atoms with Crippen molar-refractivity contribution in [3.8, 4) is 0 Å². The molecule has 18 nitrogen and oxygen atoms in total. The number of benzene rings is 2. The van der Waals surface area contributed by atoms with Gasteiger partial charge in [0.2, 0.25) is 53.2 Å². The van der Waals surface area contributed by atoms with Crippen molar-refractivity contribution < 1.29 is 43.2 Å². The highest BCUT2D eigenvalue weighted by atomic mass is 16.2. The molecule has 2 bridgehead atoms. The van der Waals surface area contributed by atoms with Crippen LogP contribution in [-0.2, 0) is 56.0 Å². The zero-order valence-electron chi connectivity index (χ0n) is 47.2. The lowest BCUT2D eigenvalue weighted by molar-refractivity contribution is -0.159. The van der Waals surface area contributed by atoms with Crippen LogP contribution in [0.25, 0.3) is 0 Å². The maximum Gasteiger partial charge on any atom is 0.246 e. The summed E-state index contributed by atoms with van der Waals surface area (Å²) in [5, 5.41) is 14.7. The summed E-state index contributed by atoms with van der Waals surface area (Å²) in [5.74, 6) is -6.14. The Kier molecular flexibility index (Phi) is 21.3. The molecule has 5 aliphatic heterocycles. The molecule has 5 aliphatic rings. The molecule has 11 atom stereocenters. The monoisotopic (exact) mass is 1070 g/mol. The van der Waals surface area contributed by atoms with Crippen molar-refractivity contribution in [3.63, 3.8) is 0 Å². The summed E-state index contributed by atoms with van der Waals surface area (Å²) in [6.07, 6.45) is 3.31. The third-order valence-electron chi connectivity index (χ3n) is 16.2. The van der Waals surface area contributed by atoms with E-state index in [1.54, 1.807) is 23.6 Å². The van der Waals surface area contributed by atoms with E-state index in [-0.39, 0.29) is 69.6 Å². The van der Waals surface area contributed by atoms with Gasteiger partial charge in [-0.25, -0.2) is 0 Å². The largest absolute Gasteiger partial charge is 0.343 e. The molecule has 5 heterocycles. The maximum absolute atomic E-state index is 15.4. The predicted molar refractivity (Wildman–Crippen MR) is 293 cm³/mol. The average molecular weight is 1070 g/mol. The zero-order valence-corrected chi connectivity index (χ0v) is 47.2. The van der Waals surface area contributed by atoms with E-state index in [2.05, 4.69) is 26.6 Å². The van der Waals surface area contributed by atoms with Gasteiger partial charge in [0.05, 0.1) is 0 Å². The minimum Gasteiger partial charge on any atom is -0.343 e. The first kappa shape index (κ1) is 59.9. The summed E-state index contributed by atoms with van der Waals surface area (Å²) in [6.45, 7) is 19.2. The lowest BCUT2D eigenvalue weighted by Gasteiger charge is -2.45. The van der Waals surface area contributed by atoms with Gasteiger partial charge in [-0.2, -0.15) is 0 Å². The molecule has 0 spiro atoms. The minimum atomic E-state index is -1.15. The summed E-state index contributed by atoms with van der Waals surface area (Å²) < 4.78 is 0. The van der Waals surface area contributed by atoms with E-state index in [0.717, 1.165) is 11.1 Å². The molecule has 77 heavy (non-hydrogen) atoms. The lowest BCUT2D eigenvalue weighted by atomic mass is 9.93. The number of amides is 9. The fourth-order valence-electron chi connectivity index (χ4n) is 11.3. The third-order valence-corrected chi connectivity index (χ3v) is 16.2. The second kappa shape index (κ2) is 27.3. The SMILES string of the molecule is CC[C@H](C)[C@@H]1NC(=O)[C@H](CC(C)C)NC(=O)[C@H](Cc2ccccc2)N2CCN(C(=O)[C@@H]3CCCN3C(=O)[C@@H]3CCCN3C(=O)[C@H](C(C)C)NC(=O)[C@H](CC(C)C)NC(=O)[C@H]([C@@H](C)CC)NC1=O)[C@@H](Cc1ccccc1)C2=O. The Balaban J connectivity index is 1.46. The molecular formula is C59H87N9O9. The van der Waals surface area contributed by atoms with E-state index in [9.17, 15) is 28.8 Å².